The summed E-state index contributed by atoms with van der Waals surface area (Å²) in [4.78, 5) is 2.20. The number of halogens is 1. The van der Waals surface area contributed by atoms with Gasteiger partial charge < -0.3 is 10.2 Å². The molecule has 4 aliphatic heterocycles. The van der Waals surface area contributed by atoms with E-state index in [1.165, 1.54) is 24.0 Å². The van der Waals surface area contributed by atoms with E-state index in [1.54, 1.807) is 12.1 Å². The van der Waals surface area contributed by atoms with E-state index in [9.17, 15) is 4.39 Å². The number of allylic oxidation sites excluding steroid dienone is 2. The highest BCUT2D eigenvalue weighted by Gasteiger charge is 2.34. The van der Waals surface area contributed by atoms with Gasteiger partial charge in [-0.3, -0.25) is 5.43 Å². The molecule has 27 heavy (non-hydrogen) atoms. The van der Waals surface area contributed by atoms with Gasteiger partial charge in [0.05, 0.1) is 11.4 Å². The fourth-order valence-electron chi connectivity index (χ4n) is 5.08. The Labute approximate surface area is 157 Å². The molecule has 0 unspecified atom stereocenters. The van der Waals surface area contributed by atoms with Crippen LogP contribution in [0.3, 0.4) is 0 Å². The van der Waals surface area contributed by atoms with Crippen molar-refractivity contribution in [2.75, 3.05) is 13.6 Å². The van der Waals surface area contributed by atoms with Crippen LogP contribution in [0.2, 0.25) is 0 Å². The summed E-state index contributed by atoms with van der Waals surface area (Å²) in [5.74, 6) is -0.203. The zero-order valence-corrected chi connectivity index (χ0v) is 15.2. The van der Waals surface area contributed by atoms with Crippen molar-refractivity contribution in [1.82, 2.24) is 15.6 Å². The number of hydrogen-bond donors (Lipinski definition) is 2. The highest BCUT2D eigenvalue weighted by Crippen LogP contribution is 2.40. The van der Waals surface area contributed by atoms with Crippen LogP contribution in [-0.2, 0) is 0 Å². The SMILES string of the molecule is CN1C=C2C(=C(C3=C[C@H]4CC[C@@H](C3)N4)C1)NN=C1C=Cc3cc(F)cc2c31. The Hall–Kier alpha value is -2.66. The molecule has 5 aliphatic rings. The molecular formula is C22H21FN4. The third-order valence-corrected chi connectivity index (χ3v) is 6.25. The van der Waals surface area contributed by atoms with E-state index in [4.69, 9.17) is 0 Å². The van der Waals surface area contributed by atoms with Gasteiger partial charge in [0, 0.05) is 48.6 Å². The first-order valence-corrected chi connectivity index (χ1v) is 9.64. The quantitative estimate of drug-likeness (QED) is 0.808. The lowest BCUT2D eigenvalue weighted by Crippen LogP contribution is -2.35. The molecule has 2 N–H and O–H groups in total. The summed E-state index contributed by atoms with van der Waals surface area (Å²) in [6.45, 7) is 0.843. The minimum atomic E-state index is -0.203. The number of rotatable bonds is 1. The number of likely N-dealkylation sites (N-methyl/N-ethyl adjacent to an activating group) is 1. The molecule has 0 radical (unpaired) electrons. The molecule has 0 aromatic heterocycles. The van der Waals surface area contributed by atoms with Gasteiger partial charge in [-0.05, 0) is 54.2 Å². The fourth-order valence-corrected chi connectivity index (χ4v) is 5.08. The molecule has 6 rings (SSSR count). The third-order valence-electron chi connectivity index (χ3n) is 6.25. The van der Waals surface area contributed by atoms with Crippen LogP contribution in [0.1, 0.15) is 36.0 Å². The normalized spacial score (nSPS) is 27.5. The lowest BCUT2D eigenvalue weighted by molar-refractivity contribution is 0.479. The minimum Gasteiger partial charge on any atom is -0.375 e. The smallest absolute Gasteiger partial charge is 0.124 e. The summed E-state index contributed by atoms with van der Waals surface area (Å²) >= 11 is 0. The summed E-state index contributed by atoms with van der Waals surface area (Å²) in [6.07, 6.45) is 11.9. The largest absolute Gasteiger partial charge is 0.375 e. The van der Waals surface area contributed by atoms with Gasteiger partial charge in [-0.1, -0.05) is 12.2 Å². The van der Waals surface area contributed by atoms with Crippen molar-refractivity contribution in [3.05, 3.63) is 69.8 Å². The van der Waals surface area contributed by atoms with E-state index >= 15 is 0 Å². The summed E-state index contributed by atoms with van der Waals surface area (Å²) in [5.41, 5.74) is 11.8. The fraction of sp³-hybridized carbons (Fsp3) is 0.318. The van der Waals surface area contributed by atoms with Crippen molar-refractivity contribution in [3.8, 4) is 0 Å². The lowest BCUT2D eigenvalue weighted by Gasteiger charge is -2.32. The first kappa shape index (κ1) is 15.4. The molecule has 5 heteroatoms. The third kappa shape index (κ3) is 2.28. The maximum atomic E-state index is 14.3. The van der Waals surface area contributed by atoms with Crippen molar-refractivity contribution in [1.29, 1.82) is 0 Å². The number of fused-ring (bicyclic) bond motifs is 4. The zero-order valence-electron chi connectivity index (χ0n) is 15.2. The van der Waals surface area contributed by atoms with Gasteiger partial charge in [0.1, 0.15) is 5.82 Å². The molecule has 2 bridgehead atoms. The van der Waals surface area contributed by atoms with Crippen LogP contribution >= 0.6 is 0 Å². The van der Waals surface area contributed by atoms with Gasteiger partial charge in [0.2, 0.25) is 0 Å². The van der Waals surface area contributed by atoms with E-state index in [0.29, 0.717) is 12.1 Å². The van der Waals surface area contributed by atoms with Crippen molar-refractivity contribution >= 4 is 17.4 Å². The molecule has 1 aromatic rings. The van der Waals surface area contributed by atoms with Crippen molar-refractivity contribution in [2.45, 2.75) is 31.3 Å². The zero-order chi connectivity index (χ0) is 18.1. The Morgan fingerprint density at radius 3 is 3.04 bits per heavy atom. The second-order valence-corrected chi connectivity index (χ2v) is 8.11. The predicted octanol–water partition coefficient (Wildman–Crippen LogP) is 3.15. The Morgan fingerprint density at radius 2 is 2.15 bits per heavy atom. The van der Waals surface area contributed by atoms with Crippen molar-refractivity contribution in [2.24, 2.45) is 5.10 Å². The van der Waals surface area contributed by atoms with Gasteiger partial charge in [-0.25, -0.2) is 4.39 Å². The summed E-state index contributed by atoms with van der Waals surface area (Å²) in [5, 5.41) is 8.34. The van der Waals surface area contributed by atoms with E-state index in [2.05, 4.69) is 40.1 Å². The summed E-state index contributed by atoms with van der Waals surface area (Å²) in [6, 6.07) is 4.30. The van der Waals surface area contributed by atoms with Crippen molar-refractivity contribution < 1.29 is 4.39 Å². The van der Waals surface area contributed by atoms with Gasteiger partial charge in [-0.2, -0.15) is 5.10 Å². The predicted molar refractivity (Wildman–Crippen MR) is 105 cm³/mol. The van der Waals surface area contributed by atoms with E-state index in [-0.39, 0.29) is 5.82 Å². The summed E-state index contributed by atoms with van der Waals surface area (Å²) in [7, 11) is 2.09. The van der Waals surface area contributed by atoms with Gasteiger partial charge in [0.25, 0.3) is 0 Å². The van der Waals surface area contributed by atoms with Crippen molar-refractivity contribution in [3.63, 3.8) is 0 Å². The number of nitrogens with one attached hydrogen (secondary N) is 2. The summed E-state index contributed by atoms with van der Waals surface area (Å²) < 4.78 is 14.3. The molecular weight excluding hydrogens is 339 g/mol. The molecule has 1 fully saturated rings. The number of hydrogen-bond acceptors (Lipinski definition) is 4. The Bertz CT molecular complexity index is 1030. The highest BCUT2D eigenvalue weighted by atomic mass is 19.1. The van der Waals surface area contributed by atoms with Crippen LogP contribution < -0.4 is 10.7 Å². The van der Waals surface area contributed by atoms with Gasteiger partial charge in [0.15, 0.2) is 0 Å². The van der Waals surface area contributed by atoms with Gasteiger partial charge in [-0.15, -0.1) is 0 Å². The van der Waals surface area contributed by atoms with E-state index in [0.717, 1.165) is 46.6 Å². The average molecular weight is 360 g/mol. The standard InChI is InChI=1S/C22H21FN4/c1-27-10-18(13-7-15-3-4-16(8-13)24-15)22-19(11-27)17-9-14(23)6-12-2-5-20(21(12)17)25-26-22/h2,5-7,9,11,15-16,24,26H,3-4,8,10H2,1H3/t15-,16+/m1/s1. The number of benzene rings is 1. The number of hydrazone groups is 1. The van der Waals surface area contributed by atoms with Crippen LogP contribution in [0.5, 0.6) is 0 Å². The maximum Gasteiger partial charge on any atom is 0.124 e. The second-order valence-electron chi connectivity index (χ2n) is 8.11. The van der Waals surface area contributed by atoms with E-state index < -0.39 is 0 Å². The number of nitrogens with zero attached hydrogens (tertiary/aromatic N) is 2. The molecule has 1 saturated heterocycles. The monoisotopic (exact) mass is 360 g/mol. The maximum absolute atomic E-state index is 14.3. The average Bonchev–Trinajstić information content (AvgIpc) is 3.16. The molecule has 136 valence electrons. The lowest BCUT2D eigenvalue weighted by atomic mass is 9.87. The van der Waals surface area contributed by atoms with Crippen LogP contribution in [0.15, 0.2) is 52.4 Å². The molecule has 0 amide bonds. The molecule has 4 nitrogen and oxygen atoms in total. The van der Waals surface area contributed by atoms with Crippen LogP contribution in [-0.4, -0.2) is 36.3 Å². The first-order chi connectivity index (χ1) is 13.2. The Kier molecular flexibility index (Phi) is 3.09. The topological polar surface area (TPSA) is 39.7 Å². The van der Waals surface area contributed by atoms with E-state index in [1.807, 2.05) is 12.2 Å². The molecule has 4 heterocycles. The second kappa shape index (κ2) is 5.42. The van der Waals surface area contributed by atoms with Gasteiger partial charge >= 0.3 is 0 Å². The van der Waals surface area contributed by atoms with Crippen LogP contribution in [0.4, 0.5) is 4.39 Å². The molecule has 1 aliphatic carbocycles. The minimum absolute atomic E-state index is 0.203. The Morgan fingerprint density at radius 1 is 1.22 bits per heavy atom. The molecule has 0 spiro atoms. The highest BCUT2D eigenvalue weighted by molar-refractivity contribution is 6.20. The molecule has 2 atom stereocenters. The molecule has 1 aromatic carbocycles. The molecule has 0 saturated carbocycles. The van der Waals surface area contributed by atoms with Crippen LogP contribution in [0.25, 0.3) is 11.6 Å². The Balaban J connectivity index is 1.56. The first-order valence-electron chi connectivity index (χ1n) is 9.64. The van der Waals surface area contributed by atoms with Crippen LogP contribution in [0, 0.1) is 5.82 Å².